The van der Waals surface area contributed by atoms with Gasteiger partial charge in [-0.1, -0.05) is 42.4 Å². The Kier molecular flexibility index (Phi) is 10.8. The van der Waals surface area contributed by atoms with Gasteiger partial charge >= 0.3 is 6.03 Å². The van der Waals surface area contributed by atoms with Crippen molar-refractivity contribution in [3.8, 4) is 17.2 Å². The highest BCUT2D eigenvalue weighted by atomic mass is 16.5. The van der Waals surface area contributed by atoms with Gasteiger partial charge in [0, 0.05) is 36.8 Å². The van der Waals surface area contributed by atoms with Crippen LogP contribution in [-0.4, -0.2) is 70.9 Å². The largest absolute Gasteiger partial charge is 0.488 e. The number of carbonyl (C=O) groups excluding carboxylic acids is 2. The average Bonchev–Trinajstić information content (AvgIpc) is 3.38. The van der Waals surface area contributed by atoms with Crippen LogP contribution in [0.3, 0.4) is 0 Å². The summed E-state index contributed by atoms with van der Waals surface area (Å²) in [5.41, 5.74) is 3.36. The first-order chi connectivity index (χ1) is 22.6. The molecule has 11 heteroatoms. The minimum Gasteiger partial charge on any atom is -0.488 e. The highest BCUT2D eigenvalue weighted by Gasteiger charge is 2.31. The maximum absolute atomic E-state index is 13.6. The summed E-state index contributed by atoms with van der Waals surface area (Å²) < 4.78 is 17.7. The molecular weight excluding hydrogens is 598 g/mol. The van der Waals surface area contributed by atoms with Crippen molar-refractivity contribution in [2.45, 2.75) is 52.8 Å². The molecule has 3 atom stereocenters. The number of fused-ring (bicyclic) bond motifs is 1. The predicted octanol–water partition coefficient (Wildman–Crippen LogP) is 6.01. The smallest absolute Gasteiger partial charge is 0.323 e. The number of nitrogens with one attached hydrogen (secondary N) is 2. The van der Waals surface area contributed by atoms with Gasteiger partial charge in [0.15, 0.2) is 5.76 Å². The predicted molar refractivity (Wildman–Crippen MR) is 180 cm³/mol. The standard InChI is InChI=1S/C36H43N5O6/c1-23-19-41(24(2)22-42)34(43)18-28-17-29(37-36(44)38-35-25(3)39-47-26(35)4)13-16-32(28)46-33(23)21-40(5)20-27-11-14-31(15-12-27)45-30-9-7-6-8-10-30/h6-17,23-24,33,42H,18-22H2,1-5H3,(H2,37,38,44)/t23-,24-,33+/m0/s1. The molecule has 0 fully saturated rings. The number of rotatable bonds is 10. The number of urea groups is 1. The summed E-state index contributed by atoms with van der Waals surface area (Å²) >= 11 is 0. The van der Waals surface area contributed by atoms with Crippen molar-refractivity contribution in [2.24, 2.45) is 5.92 Å². The van der Waals surface area contributed by atoms with Crippen molar-refractivity contribution in [3.05, 3.63) is 95.4 Å². The Labute approximate surface area is 275 Å². The van der Waals surface area contributed by atoms with E-state index in [0.717, 1.165) is 17.1 Å². The number of aryl methyl sites for hydroxylation is 2. The zero-order chi connectivity index (χ0) is 33.5. The van der Waals surface area contributed by atoms with Crippen LogP contribution in [0.1, 0.15) is 36.4 Å². The Hall–Kier alpha value is -4.87. The van der Waals surface area contributed by atoms with E-state index < -0.39 is 6.03 Å². The molecule has 0 bridgehead atoms. The van der Waals surface area contributed by atoms with E-state index in [1.165, 1.54) is 0 Å². The lowest BCUT2D eigenvalue weighted by molar-refractivity contribution is -0.134. The lowest BCUT2D eigenvalue weighted by atomic mass is 10.0. The summed E-state index contributed by atoms with van der Waals surface area (Å²) in [6.45, 7) is 8.94. The van der Waals surface area contributed by atoms with E-state index in [1.54, 1.807) is 36.9 Å². The molecule has 1 aliphatic rings. The number of benzene rings is 3. The molecule has 1 aromatic heterocycles. The Morgan fingerprint density at radius 3 is 2.49 bits per heavy atom. The van der Waals surface area contributed by atoms with Crippen LogP contribution < -0.4 is 20.1 Å². The molecule has 1 aliphatic heterocycles. The molecule has 0 saturated carbocycles. The van der Waals surface area contributed by atoms with Gasteiger partial charge in [0.05, 0.1) is 19.1 Å². The molecule has 4 aromatic rings. The lowest BCUT2D eigenvalue weighted by Gasteiger charge is -2.34. The fourth-order valence-electron chi connectivity index (χ4n) is 5.63. The van der Waals surface area contributed by atoms with Crippen molar-refractivity contribution in [2.75, 3.05) is 37.4 Å². The molecule has 0 aliphatic carbocycles. The van der Waals surface area contributed by atoms with E-state index in [0.29, 0.717) is 53.8 Å². The zero-order valence-electron chi connectivity index (χ0n) is 27.5. The lowest BCUT2D eigenvalue weighted by Crippen LogP contribution is -2.47. The van der Waals surface area contributed by atoms with E-state index in [2.05, 4.69) is 39.7 Å². The van der Waals surface area contributed by atoms with Crippen LogP contribution in [0.2, 0.25) is 0 Å². The first-order valence-electron chi connectivity index (χ1n) is 15.8. The van der Waals surface area contributed by atoms with Gasteiger partial charge in [0.2, 0.25) is 5.91 Å². The van der Waals surface area contributed by atoms with Gasteiger partial charge in [-0.2, -0.15) is 0 Å². The molecule has 47 heavy (non-hydrogen) atoms. The Morgan fingerprint density at radius 2 is 1.81 bits per heavy atom. The summed E-state index contributed by atoms with van der Waals surface area (Å²) in [7, 11) is 2.04. The minimum absolute atomic E-state index is 0.0402. The monoisotopic (exact) mass is 641 g/mol. The summed E-state index contributed by atoms with van der Waals surface area (Å²) in [5.74, 6) is 2.49. The summed E-state index contributed by atoms with van der Waals surface area (Å²) in [4.78, 5) is 30.3. The zero-order valence-corrected chi connectivity index (χ0v) is 27.5. The third-order valence-electron chi connectivity index (χ3n) is 8.29. The number of aliphatic hydroxyl groups is 1. The van der Waals surface area contributed by atoms with Crippen LogP contribution in [0.5, 0.6) is 17.2 Å². The quantitative estimate of drug-likeness (QED) is 0.192. The van der Waals surface area contributed by atoms with E-state index in [4.69, 9.17) is 14.0 Å². The number of aliphatic hydroxyl groups excluding tert-OH is 1. The third kappa shape index (κ3) is 8.69. The molecule has 11 nitrogen and oxygen atoms in total. The molecule has 248 valence electrons. The molecular formula is C36H43N5O6. The highest BCUT2D eigenvalue weighted by Crippen LogP contribution is 2.30. The molecule has 0 radical (unpaired) electrons. The molecule has 2 heterocycles. The van der Waals surface area contributed by atoms with Crippen LogP contribution in [-0.2, 0) is 17.8 Å². The number of hydrogen-bond acceptors (Lipinski definition) is 8. The number of para-hydroxylation sites is 1. The van der Waals surface area contributed by atoms with E-state index in [9.17, 15) is 14.7 Å². The Bertz CT molecular complexity index is 1640. The second-order valence-electron chi connectivity index (χ2n) is 12.2. The van der Waals surface area contributed by atoms with Crippen molar-refractivity contribution < 1.29 is 28.7 Å². The van der Waals surface area contributed by atoms with E-state index in [1.807, 2.05) is 56.4 Å². The number of nitrogens with zero attached hydrogens (tertiary/aromatic N) is 3. The van der Waals surface area contributed by atoms with Crippen molar-refractivity contribution in [1.82, 2.24) is 15.0 Å². The summed E-state index contributed by atoms with van der Waals surface area (Å²) in [5, 5.41) is 19.5. The maximum Gasteiger partial charge on any atom is 0.323 e. The topological polar surface area (TPSA) is 129 Å². The fourth-order valence-corrected chi connectivity index (χ4v) is 5.63. The average molecular weight is 642 g/mol. The van der Waals surface area contributed by atoms with E-state index in [-0.39, 0.29) is 37.0 Å². The summed E-state index contributed by atoms with van der Waals surface area (Å²) in [6.07, 6.45) is -0.201. The summed E-state index contributed by atoms with van der Waals surface area (Å²) in [6, 6.07) is 22.2. The second-order valence-corrected chi connectivity index (χ2v) is 12.2. The minimum atomic E-state index is -0.460. The number of aromatic nitrogens is 1. The Morgan fingerprint density at radius 1 is 1.09 bits per heavy atom. The number of amides is 3. The second kappa shape index (κ2) is 15.1. The van der Waals surface area contributed by atoms with Crippen molar-refractivity contribution in [3.63, 3.8) is 0 Å². The molecule has 0 spiro atoms. The third-order valence-corrected chi connectivity index (χ3v) is 8.29. The van der Waals surface area contributed by atoms with Crippen LogP contribution in [0.25, 0.3) is 0 Å². The fraction of sp³-hybridized carbons (Fsp3) is 0.361. The number of anilines is 2. The first-order valence-corrected chi connectivity index (χ1v) is 15.8. The van der Waals surface area contributed by atoms with E-state index >= 15 is 0 Å². The van der Waals surface area contributed by atoms with Crippen molar-refractivity contribution >= 4 is 23.3 Å². The van der Waals surface area contributed by atoms with Gasteiger partial charge in [0.25, 0.3) is 0 Å². The van der Waals surface area contributed by atoms with Gasteiger partial charge in [-0.05, 0) is 75.8 Å². The SMILES string of the molecule is Cc1noc(C)c1NC(=O)Nc1ccc2c(c1)CC(=O)N([C@@H](C)CO)C[C@H](C)[C@@H](CN(C)Cc1ccc(Oc3ccccc3)cc1)O2. The number of carbonyl (C=O) groups is 2. The maximum atomic E-state index is 13.6. The number of likely N-dealkylation sites (N-methyl/N-ethyl adjacent to an activating group) is 1. The molecule has 3 amide bonds. The number of ether oxygens (including phenoxy) is 2. The van der Waals surface area contributed by atoms with Crippen LogP contribution in [0.15, 0.2) is 77.3 Å². The highest BCUT2D eigenvalue weighted by molar-refractivity contribution is 6.00. The van der Waals surface area contributed by atoms with Gasteiger partial charge < -0.3 is 34.6 Å². The molecule has 3 aromatic carbocycles. The number of hydrogen-bond donors (Lipinski definition) is 3. The molecule has 0 saturated heterocycles. The van der Waals surface area contributed by atoms with Gasteiger partial charge in [0.1, 0.15) is 34.7 Å². The normalized spacial score (nSPS) is 17.2. The van der Waals surface area contributed by atoms with Crippen LogP contribution >= 0.6 is 0 Å². The van der Waals surface area contributed by atoms with Gasteiger partial charge in [-0.15, -0.1) is 0 Å². The molecule has 0 unspecified atom stereocenters. The molecule has 3 N–H and O–H groups in total. The first kappa shape index (κ1) is 33.5. The van der Waals surface area contributed by atoms with Crippen LogP contribution in [0, 0.1) is 19.8 Å². The van der Waals surface area contributed by atoms with Gasteiger partial charge in [-0.3, -0.25) is 9.69 Å². The Balaban J connectivity index is 1.31. The van der Waals surface area contributed by atoms with Crippen molar-refractivity contribution in [1.29, 1.82) is 0 Å². The van der Waals surface area contributed by atoms with Gasteiger partial charge in [-0.25, -0.2) is 4.79 Å². The van der Waals surface area contributed by atoms with Crippen LogP contribution in [0.4, 0.5) is 16.2 Å². The molecule has 5 rings (SSSR count).